The Morgan fingerprint density at radius 2 is 2.47 bits per heavy atom. The minimum atomic E-state index is -0.927. The van der Waals surface area contributed by atoms with Crippen LogP contribution in [0.15, 0.2) is 18.2 Å². The number of hydrogen-bond donors (Lipinski definition) is 2. The lowest BCUT2D eigenvalue weighted by molar-refractivity contribution is -0.138. The van der Waals surface area contributed by atoms with E-state index < -0.39 is 12.0 Å². The van der Waals surface area contributed by atoms with Gasteiger partial charge in [-0.2, -0.15) is 0 Å². The highest BCUT2D eigenvalue weighted by Gasteiger charge is 2.26. The molecule has 2 rings (SSSR count). The molecule has 0 amide bonds. The molecule has 1 aliphatic rings. The van der Waals surface area contributed by atoms with Gasteiger partial charge in [0.1, 0.15) is 6.61 Å². The van der Waals surface area contributed by atoms with Crippen molar-refractivity contribution in [2.24, 2.45) is 0 Å². The third kappa shape index (κ3) is 1.68. The number of carboxylic acids is 1. The second kappa shape index (κ2) is 3.68. The second-order valence-corrected chi connectivity index (χ2v) is 3.18. The molecule has 1 aliphatic heterocycles. The van der Waals surface area contributed by atoms with Crippen LogP contribution in [0.3, 0.4) is 0 Å². The van der Waals surface area contributed by atoms with Gasteiger partial charge >= 0.3 is 5.97 Å². The van der Waals surface area contributed by atoms with Crippen molar-refractivity contribution in [3.05, 3.63) is 18.2 Å². The maximum absolute atomic E-state index is 10.7. The Balaban J connectivity index is 2.31. The highest BCUT2D eigenvalue weighted by atomic mass is 16.5. The predicted octanol–water partition coefficient (Wildman–Crippen LogP) is 0.953. The van der Waals surface area contributed by atoms with Gasteiger partial charge in [-0.15, -0.1) is 0 Å². The second-order valence-electron chi connectivity index (χ2n) is 3.18. The molecule has 0 spiro atoms. The molecule has 1 unspecified atom stereocenters. The van der Waals surface area contributed by atoms with E-state index in [-0.39, 0.29) is 6.61 Å². The van der Waals surface area contributed by atoms with Crippen LogP contribution in [0.1, 0.15) is 0 Å². The zero-order valence-electron chi connectivity index (χ0n) is 8.19. The first-order valence-corrected chi connectivity index (χ1v) is 4.51. The van der Waals surface area contributed by atoms with Crippen LogP contribution < -0.4 is 14.8 Å². The Bertz CT molecular complexity index is 391. The highest BCUT2D eigenvalue weighted by molar-refractivity contribution is 5.80. The number of rotatable bonds is 2. The molecule has 80 valence electrons. The van der Waals surface area contributed by atoms with Gasteiger partial charge in [0.25, 0.3) is 0 Å². The summed E-state index contributed by atoms with van der Waals surface area (Å²) in [6.45, 7) is 0.0999. The number of methoxy groups -OCH3 is 1. The summed E-state index contributed by atoms with van der Waals surface area (Å²) in [6.07, 6.45) is 0. The summed E-state index contributed by atoms with van der Waals surface area (Å²) in [5.74, 6) is 0.241. The Hall–Kier alpha value is -1.91. The number of aliphatic carboxylic acids is 1. The van der Waals surface area contributed by atoms with Crippen LogP contribution in [0.5, 0.6) is 11.5 Å². The molecule has 2 N–H and O–H groups in total. The molecule has 1 aromatic rings. The van der Waals surface area contributed by atoms with E-state index >= 15 is 0 Å². The summed E-state index contributed by atoms with van der Waals surface area (Å²) in [6, 6.07) is 4.59. The van der Waals surface area contributed by atoms with E-state index in [2.05, 4.69) is 5.32 Å². The van der Waals surface area contributed by atoms with E-state index in [1.165, 1.54) is 0 Å². The summed E-state index contributed by atoms with van der Waals surface area (Å²) in [7, 11) is 1.54. The molecular weight excluding hydrogens is 198 g/mol. The summed E-state index contributed by atoms with van der Waals surface area (Å²) in [5.41, 5.74) is 0.646. The molecule has 0 saturated carbocycles. The topological polar surface area (TPSA) is 67.8 Å². The largest absolute Gasteiger partial charge is 0.493 e. The average molecular weight is 209 g/mol. The maximum atomic E-state index is 10.7. The summed E-state index contributed by atoms with van der Waals surface area (Å²) >= 11 is 0. The summed E-state index contributed by atoms with van der Waals surface area (Å²) in [5, 5.41) is 11.7. The Labute approximate surface area is 86.6 Å². The monoisotopic (exact) mass is 209 g/mol. The van der Waals surface area contributed by atoms with Gasteiger partial charge in [-0.25, -0.2) is 4.79 Å². The fourth-order valence-electron chi connectivity index (χ4n) is 1.47. The van der Waals surface area contributed by atoms with Gasteiger partial charge in [-0.1, -0.05) is 6.07 Å². The molecule has 0 radical (unpaired) electrons. The van der Waals surface area contributed by atoms with Crippen molar-refractivity contribution in [1.82, 2.24) is 0 Å². The van der Waals surface area contributed by atoms with Gasteiger partial charge in [0.15, 0.2) is 17.5 Å². The van der Waals surface area contributed by atoms with Crippen LogP contribution in [0.25, 0.3) is 0 Å². The molecule has 1 atom stereocenters. The highest BCUT2D eigenvalue weighted by Crippen LogP contribution is 2.37. The molecular formula is C10H11NO4. The molecule has 0 saturated heterocycles. The van der Waals surface area contributed by atoms with Crippen molar-refractivity contribution in [3.8, 4) is 11.5 Å². The minimum Gasteiger partial charge on any atom is -0.493 e. The van der Waals surface area contributed by atoms with Gasteiger partial charge in [0.05, 0.1) is 12.8 Å². The third-order valence-electron chi connectivity index (χ3n) is 2.22. The van der Waals surface area contributed by atoms with Crippen LogP contribution in [0.2, 0.25) is 0 Å². The van der Waals surface area contributed by atoms with Gasteiger partial charge in [0, 0.05) is 0 Å². The summed E-state index contributed by atoms with van der Waals surface area (Å²) in [4.78, 5) is 10.7. The average Bonchev–Trinajstić information content (AvgIpc) is 2.27. The van der Waals surface area contributed by atoms with Gasteiger partial charge < -0.3 is 19.9 Å². The SMILES string of the molecule is COc1cccc2c1OCC(C(=O)O)N2. The smallest absolute Gasteiger partial charge is 0.329 e. The standard InChI is InChI=1S/C10H11NO4/c1-14-8-4-2-3-6-9(8)15-5-7(11-6)10(12)13/h2-4,7,11H,5H2,1H3,(H,12,13). The van der Waals surface area contributed by atoms with E-state index in [1.54, 1.807) is 25.3 Å². The van der Waals surface area contributed by atoms with Crippen LogP contribution in [-0.4, -0.2) is 30.8 Å². The lowest BCUT2D eigenvalue weighted by Crippen LogP contribution is -2.38. The number of carboxylic acid groups (broad SMARTS) is 1. The Morgan fingerprint density at radius 3 is 3.13 bits per heavy atom. The Kier molecular flexibility index (Phi) is 2.37. The number of hydrogen-bond acceptors (Lipinski definition) is 4. The van der Waals surface area contributed by atoms with E-state index in [0.717, 1.165) is 0 Å². The molecule has 0 aliphatic carbocycles. The van der Waals surface area contributed by atoms with Gasteiger partial charge in [0.2, 0.25) is 0 Å². The molecule has 5 heteroatoms. The normalized spacial score (nSPS) is 18.3. The number of anilines is 1. The molecule has 0 bridgehead atoms. The lowest BCUT2D eigenvalue weighted by atomic mass is 10.2. The fourth-order valence-corrected chi connectivity index (χ4v) is 1.47. The molecule has 0 aromatic heterocycles. The first kappa shape index (κ1) is 9.64. The number of fused-ring (bicyclic) bond motifs is 1. The van der Waals surface area contributed by atoms with Crippen LogP contribution in [0, 0.1) is 0 Å². The van der Waals surface area contributed by atoms with Crippen molar-refractivity contribution < 1.29 is 19.4 Å². The zero-order chi connectivity index (χ0) is 10.8. The third-order valence-corrected chi connectivity index (χ3v) is 2.22. The van der Waals surface area contributed by atoms with Crippen LogP contribution >= 0.6 is 0 Å². The minimum absolute atomic E-state index is 0.0999. The van der Waals surface area contributed by atoms with Crippen molar-refractivity contribution in [2.45, 2.75) is 6.04 Å². The number of para-hydroxylation sites is 1. The van der Waals surface area contributed by atoms with Gasteiger partial charge in [-0.05, 0) is 12.1 Å². The molecule has 15 heavy (non-hydrogen) atoms. The van der Waals surface area contributed by atoms with Crippen molar-refractivity contribution in [1.29, 1.82) is 0 Å². The fraction of sp³-hybridized carbons (Fsp3) is 0.300. The zero-order valence-corrected chi connectivity index (χ0v) is 8.19. The number of nitrogens with one attached hydrogen (secondary N) is 1. The van der Waals surface area contributed by atoms with E-state index in [1.807, 2.05) is 0 Å². The van der Waals surface area contributed by atoms with E-state index in [4.69, 9.17) is 14.6 Å². The number of benzene rings is 1. The molecule has 5 nitrogen and oxygen atoms in total. The Morgan fingerprint density at radius 1 is 1.67 bits per heavy atom. The first-order valence-electron chi connectivity index (χ1n) is 4.51. The van der Waals surface area contributed by atoms with Crippen molar-refractivity contribution in [2.75, 3.05) is 19.0 Å². The lowest BCUT2D eigenvalue weighted by Gasteiger charge is -2.25. The first-order chi connectivity index (χ1) is 7.22. The quantitative estimate of drug-likeness (QED) is 0.759. The maximum Gasteiger partial charge on any atom is 0.329 e. The van der Waals surface area contributed by atoms with E-state index in [9.17, 15) is 4.79 Å². The van der Waals surface area contributed by atoms with E-state index in [0.29, 0.717) is 17.2 Å². The molecule has 1 aromatic carbocycles. The van der Waals surface area contributed by atoms with Crippen molar-refractivity contribution in [3.63, 3.8) is 0 Å². The predicted molar refractivity (Wildman–Crippen MR) is 53.5 cm³/mol. The van der Waals surface area contributed by atoms with Crippen molar-refractivity contribution >= 4 is 11.7 Å². The van der Waals surface area contributed by atoms with Crippen LogP contribution in [0.4, 0.5) is 5.69 Å². The summed E-state index contributed by atoms with van der Waals surface area (Å²) < 4.78 is 10.4. The number of ether oxygens (including phenoxy) is 2. The van der Waals surface area contributed by atoms with Crippen LogP contribution in [-0.2, 0) is 4.79 Å². The number of carbonyl (C=O) groups is 1. The van der Waals surface area contributed by atoms with Gasteiger partial charge in [-0.3, -0.25) is 0 Å². The molecule has 1 heterocycles. The molecule has 0 fully saturated rings.